The molecule has 1 aromatic heterocycles. The van der Waals surface area contributed by atoms with Crippen LogP contribution in [-0.4, -0.2) is 34.6 Å². The number of ether oxygens (including phenoxy) is 1. The lowest BCUT2D eigenvalue weighted by molar-refractivity contribution is 0.0382. The van der Waals surface area contributed by atoms with Crippen molar-refractivity contribution in [3.8, 4) is 0 Å². The van der Waals surface area contributed by atoms with Crippen LogP contribution < -0.4 is 0 Å². The molecule has 0 saturated carbocycles. The first-order chi connectivity index (χ1) is 8.54. The Morgan fingerprint density at radius 3 is 3.00 bits per heavy atom. The standard InChI is InChI=1S/C11H14N4O3/c1-5-7(6(2)16)3-8(13-5)11-10(17)9(4-18-11)14-15-12/h3,9-11,13,17H,4H2,1-2H3/t9-,10+,11-/m0/s1. The van der Waals surface area contributed by atoms with Crippen LogP contribution in [0.5, 0.6) is 0 Å². The fourth-order valence-corrected chi connectivity index (χ4v) is 2.15. The van der Waals surface area contributed by atoms with Crippen LogP contribution in [0.1, 0.15) is 34.8 Å². The zero-order valence-corrected chi connectivity index (χ0v) is 10.1. The van der Waals surface area contributed by atoms with Crippen molar-refractivity contribution in [2.75, 3.05) is 6.61 Å². The molecule has 2 heterocycles. The quantitative estimate of drug-likeness (QED) is 0.368. The highest BCUT2D eigenvalue weighted by Gasteiger charge is 2.37. The summed E-state index contributed by atoms with van der Waals surface area (Å²) in [5, 5.41) is 13.4. The van der Waals surface area contributed by atoms with Gasteiger partial charge in [0.2, 0.25) is 0 Å². The fraction of sp³-hybridized carbons (Fsp3) is 0.545. The first-order valence-corrected chi connectivity index (χ1v) is 5.59. The van der Waals surface area contributed by atoms with Gasteiger partial charge in [-0.2, -0.15) is 0 Å². The predicted octanol–water partition coefficient (Wildman–Crippen LogP) is 1.64. The Morgan fingerprint density at radius 1 is 1.72 bits per heavy atom. The molecule has 1 aliphatic heterocycles. The lowest BCUT2D eigenvalue weighted by Gasteiger charge is -2.13. The maximum Gasteiger partial charge on any atom is 0.161 e. The van der Waals surface area contributed by atoms with Crippen molar-refractivity contribution in [1.82, 2.24) is 4.98 Å². The Hall–Kier alpha value is -1.82. The number of aliphatic hydroxyl groups is 1. The maximum absolute atomic E-state index is 11.4. The van der Waals surface area contributed by atoms with Gasteiger partial charge in [-0.25, -0.2) is 0 Å². The van der Waals surface area contributed by atoms with Crippen molar-refractivity contribution in [1.29, 1.82) is 0 Å². The van der Waals surface area contributed by atoms with Gasteiger partial charge < -0.3 is 14.8 Å². The Morgan fingerprint density at radius 2 is 2.44 bits per heavy atom. The van der Waals surface area contributed by atoms with Crippen LogP contribution in [0.4, 0.5) is 0 Å². The number of aryl methyl sites for hydroxylation is 1. The molecule has 0 amide bonds. The Bertz CT molecular complexity index is 518. The number of ketones is 1. The molecule has 0 aliphatic carbocycles. The summed E-state index contributed by atoms with van der Waals surface area (Å²) in [5.74, 6) is -0.0471. The number of hydrogen-bond acceptors (Lipinski definition) is 4. The molecule has 1 fully saturated rings. The van der Waals surface area contributed by atoms with Crippen LogP contribution in [0.3, 0.4) is 0 Å². The summed E-state index contributed by atoms with van der Waals surface area (Å²) in [5.41, 5.74) is 10.3. The third-order valence-electron chi connectivity index (χ3n) is 3.07. The highest BCUT2D eigenvalue weighted by Crippen LogP contribution is 2.31. The number of aliphatic hydroxyl groups excluding tert-OH is 1. The highest BCUT2D eigenvalue weighted by atomic mass is 16.5. The van der Waals surface area contributed by atoms with Crippen LogP contribution in [0.25, 0.3) is 10.4 Å². The molecule has 1 aliphatic rings. The average Bonchev–Trinajstić information content (AvgIpc) is 2.84. The summed E-state index contributed by atoms with van der Waals surface area (Å²) in [6, 6.07) is 1.08. The van der Waals surface area contributed by atoms with Crippen LogP contribution in [0.2, 0.25) is 0 Å². The van der Waals surface area contributed by atoms with Gasteiger partial charge in [-0.1, -0.05) is 5.11 Å². The SMILES string of the molecule is CC(=O)c1cc([C@@H]2OC[C@H](N=[N+]=[N-])[C@H]2O)[nH]c1C. The number of hydrogen-bond donors (Lipinski definition) is 2. The summed E-state index contributed by atoms with van der Waals surface area (Å²) in [6.07, 6.45) is -1.49. The van der Waals surface area contributed by atoms with Crippen molar-refractivity contribution in [2.24, 2.45) is 5.11 Å². The molecule has 0 unspecified atom stereocenters. The lowest BCUT2D eigenvalue weighted by atomic mass is 10.1. The van der Waals surface area contributed by atoms with Gasteiger partial charge in [0.1, 0.15) is 6.10 Å². The minimum Gasteiger partial charge on any atom is -0.389 e. The first-order valence-electron chi connectivity index (χ1n) is 5.59. The molecule has 2 N–H and O–H groups in total. The number of carbonyl (C=O) groups excluding carboxylic acids is 1. The molecule has 1 saturated heterocycles. The molecule has 96 valence electrons. The summed E-state index contributed by atoms with van der Waals surface area (Å²) in [7, 11) is 0. The van der Waals surface area contributed by atoms with Gasteiger partial charge in [0, 0.05) is 21.9 Å². The third kappa shape index (κ3) is 2.11. The zero-order chi connectivity index (χ0) is 13.3. The van der Waals surface area contributed by atoms with E-state index < -0.39 is 18.2 Å². The number of azide groups is 1. The van der Waals surface area contributed by atoms with E-state index in [1.54, 1.807) is 13.0 Å². The van der Waals surface area contributed by atoms with Gasteiger partial charge in [-0.15, -0.1) is 0 Å². The number of aromatic nitrogens is 1. The number of Topliss-reactive ketones (excluding diaryl/α,β-unsaturated/α-hetero) is 1. The van der Waals surface area contributed by atoms with Gasteiger partial charge >= 0.3 is 0 Å². The minimum atomic E-state index is -0.904. The molecular weight excluding hydrogens is 236 g/mol. The van der Waals surface area contributed by atoms with E-state index >= 15 is 0 Å². The molecule has 0 spiro atoms. The molecule has 2 rings (SSSR count). The van der Waals surface area contributed by atoms with Crippen LogP contribution >= 0.6 is 0 Å². The van der Waals surface area contributed by atoms with Gasteiger partial charge in [-0.05, 0) is 25.4 Å². The molecular formula is C11H14N4O3. The molecule has 3 atom stereocenters. The second kappa shape index (κ2) is 4.81. The number of rotatable bonds is 3. The molecule has 0 radical (unpaired) electrons. The smallest absolute Gasteiger partial charge is 0.161 e. The van der Waals surface area contributed by atoms with E-state index in [1.165, 1.54) is 6.92 Å². The molecule has 0 aromatic carbocycles. The lowest BCUT2D eigenvalue weighted by Crippen LogP contribution is -2.23. The van der Waals surface area contributed by atoms with E-state index in [9.17, 15) is 9.90 Å². The largest absolute Gasteiger partial charge is 0.389 e. The van der Waals surface area contributed by atoms with Crippen molar-refractivity contribution >= 4 is 5.78 Å². The van der Waals surface area contributed by atoms with Crippen molar-refractivity contribution in [3.05, 3.63) is 33.5 Å². The molecule has 7 heteroatoms. The van der Waals surface area contributed by atoms with Crippen LogP contribution in [-0.2, 0) is 4.74 Å². The number of carbonyl (C=O) groups is 1. The van der Waals surface area contributed by atoms with Crippen molar-refractivity contribution < 1.29 is 14.6 Å². The predicted molar refractivity (Wildman–Crippen MR) is 63.2 cm³/mol. The summed E-state index contributed by atoms with van der Waals surface area (Å²) >= 11 is 0. The van der Waals surface area contributed by atoms with E-state index in [0.29, 0.717) is 11.3 Å². The molecule has 1 aromatic rings. The molecule has 7 nitrogen and oxygen atoms in total. The van der Waals surface area contributed by atoms with Crippen LogP contribution in [0, 0.1) is 6.92 Å². The van der Waals surface area contributed by atoms with Crippen molar-refractivity contribution in [2.45, 2.75) is 32.1 Å². The fourth-order valence-electron chi connectivity index (χ4n) is 2.15. The summed E-state index contributed by atoms with van der Waals surface area (Å²) in [6.45, 7) is 3.44. The third-order valence-corrected chi connectivity index (χ3v) is 3.07. The van der Waals surface area contributed by atoms with E-state index in [1.807, 2.05) is 0 Å². The number of nitrogens with one attached hydrogen (secondary N) is 1. The maximum atomic E-state index is 11.4. The van der Waals surface area contributed by atoms with Gasteiger partial charge in [0.15, 0.2) is 5.78 Å². The van der Waals surface area contributed by atoms with Gasteiger partial charge in [0.05, 0.1) is 18.8 Å². The van der Waals surface area contributed by atoms with Crippen LogP contribution in [0.15, 0.2) is 11.2 Å². The van der Waals surface area contributed by atoms with E-state index in [0.717, 1.165) is 5.69 Å². The number of nitrogens with zero attached hydrogens (tertiary/aromatic N) is 3. The molecule has 18 heavy (non-hydrogen) atoms. The topological polar surface area (TPSA) is 111 Å². The van der Waals surface area contributed by atoms with E-state index in [2.05, 4.69) is 15.0 Å². The highest BCUT2D eigenvalue weighted by molar-refractivity contribution is 5.95. The van der Waals surface area contributed by atoms with Gasteiger partial charge in [0.25, 0.3) is 0 Å². The van der Waals surface area contributed by atoms with E-state index in [-0.39, 0.29) is 12.4 Å². The minimum absolute atomic E-state index is 0.0471. The Balaban J connectivity index is 2.25. The second-order valence-electron chi connectivity index (χ2n) is 4.34. The molecule has 0 bridgehead atoms. The summed E-state index contributed by atoms with van der Waals surface area (Å²) in [4.78, 5) is 17.0. The average molecular weight is 250 g/mol. The number of H-pyrrole nitrogens is 1. The van der Waals surface area contributed by atoms with E-state index in [4.69, 9.17) is 10.3 Å². The normalized spacial score (nSPS) is 26.9. The first kappa shape index (κ1) is 12.6. The Kier molecular flexibility index (Phi) is 3.38. The van der Waals surface area contributed by atoms with Crippen molar-refractivity contribution in [3.63, 3.8) is 0 Å². The summed E-state index contributed by atoms with van der Waals surface area (Å²) < 4.78 is 5.41. The zero-order valence-electron chi connectivity index (χ0n) is 10.1. The number of aromatic amines is 1. The Labute approximate surface area is 103 Å². The van der Waals surface area contributed by atoms with Gasteiger partial charge in [-0.3, -0.25) is 4.79 Å². The second-order valence-corrected chi connectivity index (χ2v) is 4.34. The monoisotopic (exact) mass is 250 g/mol.